The Morgan fingerprint density at radius 1 is 1.15 bits per heavy atom. The van der Waals surface area contributed by atoms with Gasteiger partial charge in [0.15, 0.2) is 0 Å². The van der Waals surface area contributed by atoms with Gasteiger partial charge < -0.3 is 9.88 Å². The molecule has 0 aliphatic carbocycles. The number of aryl methyl sites for hydroxylation is 1. The van der Waals surface area contributed by atoms with Gasteiger partial charge in [0.25, 0.3) is 0 Å². The van der Waals surface area contributed by atoms with E-state index in [9.17, 15) is 0 Å². The minimum absolute atomic E-state index is 0.0342. The predicted molar refractivity (Wildman–Crippen MR) is 88.7 cm³/mol. The molecule has 0 unspecified atom stereocenters. The molecule has 0 saturated heterocycles. The number of rotatable bonds is 6. The minimum Gasteiger partial charge on any atom is -0.354 e. The molecule has 2 aromatic rings. The second kappa shape index (κ2) is 6.59. The predicted octanol–water partition coefficient (Wildman–Crippen LogP) is 4.69. The van der Waals surface area contributed by atoms with Crippen LogP contribution in [0.5, 0.6) is 0 Å². The maximum atomic E-state index is 3.64. The number of nitrogens with zero attached hydrogens (tertiary/aromatic N) is 1. The van der Waals surface area contributed by atoms with Gasteiger partial charge in [0.2, 0.25) is 0 Å². The highest BCUT2D eigenvalue weighted by atomic mass is 79.9. The Balaban J connectivity index is 1.99. The van der Waals surface area contributed by atoms with Crippen LogP contribution in [0.2, 0.25) is 0 Å². The molecule has 0 amide bonds. The third-order valence-electron chi connectivity index (χ3n) is 3.59. The second-order valence-electron chi connectivity index (χ2n) is 5.74. The smallest absolute Gasteiger partial charge is 0.0380 e. The van der Waals surface area contributed by atoms with Crippen molar-refractivity contribution in [1.29, 1.82) is 0 Å². The van der Waals surface area contributed by atoms with E-state index < -0.39 is 0 Å². The van der Waals surface area contributed by atoms with Crippen LogP contribution in [0.1, 0.15) is 38.3 Å². The van der Waals surface area contributed by atoms with Gasteiger partial charge in [0.05, 0.1) is 0 Å². The zero-order valence-corrected chi connectivity index (χ0v) is 14.1. The van der Waals surface area contributed by atoms with Gasteiger partial charge in [0.1, 0.15) is 0 Å². The molecule has 1 aromatic heterocycles. The van der Waals surface area contributed by atoms with Crippen molar-refractivity contribution in [1.82, 2.24) is 9.88 Å². The third kappa shape index (κ3) is 3.97. The minimum atomic E-state index is -0.0342. The molecule has 0 atom stereocenters. The number of hydrogen-bond donors (Lipinski definition) is 1. The average Bonchev–Trinajstić information content (AvgIpc) is 2.85. The molecular formula is C17H23BrN2. The zero-order chi connectivity index (χ0) is 14.6. The molecule has 2 rings (SSSR count). The summed E-state index contributed by atoms with van der Waals surface area (Å²) in [7, 11) is 0. The fourth-order valence-corrected chi connectivity index (χ4v) is 2.55. The highest BCUT2D eigenvalue weighted by Gasteiger charge is 2.19. The van der Waals surface area contributed by atoms with Crippen LogP contribution in [0.15, 0.2) is 47.2 Å². The second-order valence-corrected chi connectivity index (χ2v) is 6.66. The van der Waals surface area contributed by atoms with Gasteiger partial charge in [0, 0.05) is 35.5 Å². The van der Waals surface area contributed by atoms with Crippen LogP contribution in [0.4, 0.5) is 0 Å². The first-order chi connectivity index (χ1) is 9.51. The summed E-state index contributed by atoms with van der Waals surface area (Å²) in [6.07, 6.45) is 5.56. The summed E-state index contributed by atoms with van der Waals surface area (Å²) in [5.74, 6) is 0. The zero-order valence-electron chi connectivity index (χ0n) is 12.5. The van der Waals surface area contributed by atoms with E-state index in [0.29, 0.717) is 0 Å². The Labute approximate surface area is 130 Å². The average molecular weight is 335 g/mol. The van der Waals surface area contributed by atoms with Crippen molar-refractivity contribution in [3.05, 3.63) is 58.3 Å². The number of benzene rings is 1. The Morgan fingerprint density at radius 2 is 1.85 bits per heavy atom. The van der Waals surface area contributed by atoms with Gasteiger partial charge in [-0.05, 0) is 49.6 Å². The van der Waals surface area contributed by atoms with Crippen molar-refractivity contribution in [2.75, 3.05) is 0 Å². The van der Waals surface area contributed by atoms with Gasteiger partial charge in [-0.3, -0.25) is 0 Å². The third-order valence-corrected chi connectivity index (χ3v) is 4.12. The SMILES string of the molecule is CCCn1ccc(CNC(C)(C)c2ccc(Br)cc2)c1. The van der Waals surface area contributed by atoms with Gasteiger partial charge in [-0.2, -0.15) is 0 Å². The molecule has 108 valence electrons. The molecule has 0 fully saturated rings. The largest absolute Gasteiger partial charge is 0.354 e. The summed E-state index contributed by atoms with van der Waals surface area (Å²) in [6, 6.07) is 10.7. The van der Waals surface area contributed by atoms with Crippen LogP contribution in [0.25, 0.3) is 0 Å². The Morgan fingerprint density at radius 3 is 2.50 bits per heavy atom. The molecule has 0 spiro atoms. The normalized spacial score (nSPS) is 11.8. The van der Waals surface area contributed by atoms with Crippen molar-refractivity contribution in [2.45, 2.75) is 45.8 Å². The summed E-state index contributed by atoms with van der Waals surface area (Å²) in [4.78, 5) is 0. The first kappa shape index (κ1) is 15.3. The van der Waals surface area contributed by atoms with Crippen molar-refractivity contribution in [3.8, 4) is 0 Å². The van der Waals surface area contributed by atoms with E-state index in [1.165, 1.54) is 17.5 Å². The van der Waals surface area contributed by atoms with Gasteiger partial charge >= 0.3 is 0 Å². The van der Waals surface area contributed by atoms with Crippen molar-refractivity contribution < 1.29 is 0 Å². The van der Waals surface area contributed by atoms with Gasteiger partial charge in [-0.1, -0.05) is 35.0 Å². The van der Waals surface area contributed by atoms with E-state index in [4.69, 9.17) is 0 Å². The monoisotopic (exact) mass is 334 g/mol. The van der Waals surface area contributed by atoms with E-state index in [1.807, 2.05) is 0 Å². The van der Waals surface area contributed by atoms with Crippen LogP contribution in [-0.4, -0.2) is 4.57 Å². The Kier molecular flexibility index (Phi) is 5.06. The Hall–Kier alpha value is -1.06. The molecule has 0 aliphatic rings. The maximum Gasteiger partial charge on any atom is 0.0380 e. The standard InChI is InChI=1S/C17H23BrN2/c1-4-10-20-11-9-14(13-20)12-19-17(2,3)15-5-7-16(18)8-6-15/h5-9,11,13,19H,4,10,12H2,1-3H3. The molecule has 1 N–H and O–H groups in total. The van der Waals surface area contributed by atoms with Crippen LogP contribution < -0.4 is 5.32 Å². The van der Waals surface area contributed by atoms with Gasteiger partial charge in [-0.25, -0.2) is 0 Å². The van der Waals surface area contributed by atoms with Crippen molar-refractivity contribution in [3.63, 3.8) is 0 Å². The van der Waals surface area contributed by atoms with E-state index in [-0.39, 0.29) is 5.54 Å². The molecule has 0 saturated carbocycles. The summed E-state index contributed by atoms with van der Waals surface area (Å²) >= 11 is 3.48. The lowest BCUT2D eigenvalue weighted by Gasteiger charge is -2.27. The molecule has 1 heterocycles. The highest BCUT2D eigenvalue weighted by molar-refractivity contribution is 9.10. The summed E-state index contributed by atoms with van der Waals surface area (Å²) in [6.45, 7) is 8.63. The number of halogens is 1. The maximum absolute atomic E-state index is 3.64. The van der Waals surface area contributed by atoms with E-state index in [1.54, 1.807) is 0 Å². The summed E-state index contributed by atoms with van der Waals surface area (Å²) < 4.78 is 3.37. The molecule has 0 bridgehead atoms. The molecule has 3 heteroatoms. The first-order valence-electron chi connectivity index (χ1n) is 7.17. The van der Waals surface area contributed by atoms with E-state index in [0.717, 1.165) is 17.6 Å². The number of nitrogens with one attached hydrogen (secondary N) is 1. The lowest BCUT2D eigenvalue weighted by atomic mass is 9.94. The van der Waals surface area contributed by atoms with Crippen LogP contribution in [-0.2, 0) is 18.6 Å². The van der Waals surface area contributed by atoms with Crippen LogP contribution in [0.3, 0.4) is 0 Å². The first-order valence-corrected chi connectivity index (χ1v) is 7.96. The lowest BCUT2D eigenvalue weighted by molar-refractivity contribution is 0.401. The van der Waals surface area contributed by atoms with Crippen LogP contribution in [0, 0.1) is 0 Å². The summed E-state index contributed by atoms with van der Waals surface area (Å²) in [5.41, 5.74) is 2.60. The molecule has 1 aromatic carbocycles. The van der Waals surface area contributed by atoms with Crippen molar-refractivity contribution in [2.24, 2.45) is 0 Å². The summed E-state index contributed by atoms with van der Waals surface area (Å²) in [5, 5.41) is 3.64. The van der Waals surface area contributed by atoms with E-state index in [2.05, 4.69) is 89.3 Å². The molecule has 20 heavy (non-hydrogen) atoms. The number of hydrogen-bond acceptors (Lipinski definition) is 1. The fraction of sp³-hybridized carbons (Fsp3) is 0.412. The van der Waals surface area contributed by atoms with E-state index >= 15 is 0 Å². The molecule has 2 nitrogen and oxygen atoms in total. The van der Waals surface area contributed by atoms with Crippen molar-refractivity contribution >= 4 is 15.9 Å². The van der Waals surface area contributed by atoms with Gasteiger partial charge in [-0.15, -0.1) is 0 Å². The fourth-order valence-electron chi connectivity index (χ4n) is 2.28. The Bertz CT molecular complexity index is 540. The topological polar surface area (TPSA) is 17.0 Å². The molecule has 0 radical (unpaired) electrons. The quantitative estimate of drug-likeness (QED) is 0.811. The van der Waals surface area contributed by atoms with Crippen LogP contribution >= 0.6 is 15.9 Å². The molecular weight excluding hydrogens is 312 g/mol. The lowest BCUT2D eigenvalue weighted by Crippen LogP contribution is -2.35. The number of aromatic nitrogens is 1. The highest BCUT2D eigenvalue weighted by Crippen LogP contribution is 2.22. The molecule has 0 aliphatic heterocycles.